The molecule has 1 N–H and O–H groups in total. The largest absolute Gasteiger partial charge is 0.378 e. The predicted octanol–water partition coefficient (Wildman–Crippen LogP) is 4.54. The zero-order valence-corrected chi connectivity index (χ0v) is 17.9. The topological polar surface area (TPSA) is 98.2 Å². The van der Waals surface area contributed by atoms with Crippen LogP contribution in [0.2, 0.25) is 0 Å². The van der Waals surface area contributed by atoms with Gasteiger partial charge in [0.1, 0.15) is 5.75 Å². The van der Waals surface area contributed by atoms with Crippen LogP contribution in [0.3, 0.4) is 0 Å². The van der Waals surface area contributed by atoms with Gasteiger partial charge in [0.15, 0.2) is 9.34 Å². The van der Waals surface area contributed by atoms with Gasteiger partial charge in [-0.1, -0.05) is 17.4 Å². The molecule has 0 radical (unpaired) electrons. The lowest BCUT2D eigenvalue weighted by Gasteiger charge is -2.04. The van der Waals surface area contributed by atoms with Crippen LogP contribution in [-0.2, 0) is 14.9 Å². The number of pyridine rings is 1. The Morgan fingerprint density at radius 2 is 1.97 bits per heavy atom. The van der Waals surface area contributed by atoms with E-state index in [1.165, 1.54) is 17.4 Å². The maximum absolute atomic E-state index is 12.7. The quantitative estimate of drug-likeness (QED) is 0.427. The SMILES string of the molecule is O=C(Nc1nc2ccc(OS(=O)(=O)c3ccc(-c4ccccn4)s3)cc2s1)C1CC1. The number of nitrogens with zero attached hydrogens (tertiary/aromatic N) is 2. The normalized spacial score (nSPS) is 14.0. The van der Waals surface area contributed by atoms with Crippen molar-refractivity contribution in [2.45, 2.75) is 17.1 Å². The highest BCUT2D eigenvalue weighted by Gasteiger charge is 2.30. The van der Waals surface area contributed by atoms with Crippen LogP contribution in [-0.4, -0.2) is 24.3 Å². The summed E-state index contributed by atoms with van der Waals surface area (Å²) in [6.07, 6.45) is 3.49. The first kappa shape index (κ1) is 19.2. The van der Waals surface area contributed by atoms with Crippen LogP contribution in [0.25, 0.3) is 20.8 Å². The molecule has 0 spiro atoms. The van der Waals surface area contributed by atoms with Crippen LogP contribution in [0.1, 0.15) is 12.8 Å². The molecule has 7 nitrogen and oxygen atoms in total. The van der Waals surface area contributed by atoms with E-state index in [4.69, 9.17) is 4.18 Å². The highest BCUT2D eigenvalue weighted by atomic mass is 32.3. The number of carbonyl (C=O) groups is 1. The summed E-state index contributed by atoms with van der Waals surface area (Å²) in [5.74, 6) is 0.261. The van der Waals surface area contributed by atoms with E-state index in [9.17, 15) is 13.2 Å². The van der Waals surface area contributed by atoms with E-state index in [1.54, 1.807) is 36.5 Å². The van der Waals surface area contributed by atoms with Crippen molar-refractivity contribution in [2.24, 2.45) is 5.92 Å². The van der Waals surface area contributed by atoms with Crippen LogP contribution in [0, 0.1) is 5.92 Å². The first-order chi connectivity index (χ1) is 14.5. The predicted molar refractivity (Wildman–Crippen MR) is 116 cm³/mol. The van der Waals surface area contributed by atoms with Crippen molar-refractivity contribution in [3.8, 4) is 16.3 Å². The molecule has 152 valence electrons. The summed E-state index contributed by atoms with van der Waals surface area (Å²) in [5.41, 5.74) is 1.38. The molecule has 3 aromatic heterocycles. The number of anilines is 1. The average Bonchev–Trinajstić information content (AvgIpc) is 3.32. The Labute approximate surface area is 180 Å². The van der Waals surface area contributed by atoms with Gasteiger partial charge in [0.2, 0.25) is 5.91 Å². The van der Waals surface area contributed by atoms with Gasteiger partial charge in [-0.05, 0) is 49.2 Å². The van der Waals surface area contributed by atoms with Gasteiger partial charge in [0, 0.05) is 18.2 Å². The molecule has 1 aromatic carbocycles. The summed E-state index contributed by atoms with van der Waals surface area (Å²) in [5, 5.41) is 3.31. The Morgan fingerprint density at radius 3 is 2.73 bits per heavy atom. The van der Waals surface area contributed by atoms with Gasteiger partial charge in [0.05, 0.1) is 20.8 Å². The molecule has 0 bridgehead atoms. The number of aromatic nitrogens is 2. The monoisotopic (exact) mass is 457 g/mol. The highest BCUT2D eigenvalue weighted by Crippen LogP contribution is 2.35. The Hall–Kier alpha value is -2.82. The Bertz CT molecular complexity index is 1340. The number of hydrogen-bond donors (Lipinski definition) is 1. The van der Waals surface area contributed by atoms with Crippen molar-refractivity contribution in [3.05, 3.63) is 54.7 Å². The van der Waals surface area contributed by atoms with Crippen molar-refractivity contribution < 1.29 is 17.4 Å². The van der Waals surface area contributed by atoms with Gasteiger partial charge >= 0.3 is 10.1 Å². The second-order valence-corrected chi connectivity index (χ2v) is 10.7. The zero-order chi connectivity index (χ0) is 20.7. The fourth-order valence-electron chi connectivity index (χ4n) is 2.83. The van der Waals surface area contributed by atoms with E-state index >= 15 is 0 Å². The summed E-state index contributed by atoms with van der Waals surface area (Å²) >= 11 is 2.39. The Balaban J connectivity index is 1.36. The number of rotatable bonds is 6. The van der Waals surface area contributed by atoms with Crippen molar-refractivity contribution in [1.82, 2.24) is 9.97 Å². The molecule has 1 aliphatic carbocycles. The number of thiazole rings is 1. The maximum atomic E-state index is 12.7. The molecular weight excluding hydrogens is 442 g/mol. The van der Waals surface area contributed by atoms with E-state index in [1.807, 2.05) is 12.1 Å². The maximum Gasteiger partial charge on any atom is 0.348 e. The molecule has 5 rings (SSSR count). The minimum absolute atomic E-state index is 0.0190. The van der Waals surface area contributed by atoms with Gasteiger partial charge in [-0.15, -0.1) is 11.3 Å². The number of amides is 1. The summed E-state index contributed by atoms with van der Waals surface area (Å²) in [6, 6.07) is 13.5. The number of nitrogens with one attached hydrogen (secondary N) is 1. The summed E-state index contributed by atoms with van der Waals surface area (Å²) in [7, 11) is -3.98. The van der Waals surface area contributed by atoms with Crippen molar-refractivity contribution in [3.63, 3.8) is 0 Å². The first-order valence-corrected chi connectivity index (χ1v) is 12.2. The highest BCUT2D eigenvalue weighted by molar-refractivity contribution is 7.89. The molecule has 4 aromatic rings. The van der Waals surface area contributed by atoms with Gasteiger partial charge in [-0.25, -0.2) is 4.98 Å². The third-order valence-electron chi connectivity index (χ3n) is 4.49. The molecule has 0 atom stereocenters. The van der Waals surface area contributed by atoms with Crippen LogP contribution in [0.4, 0.5) is 5.13 Å². The van der Waals surface area contributed by atoms with E-state index in [2.05, 4.69) is 15.3 Å². The van der Waals surface area contributed by atoms with Gasteiger partial charge in [0.25, 0.3) is 0 Å². The third kappa shape index (κ3) is 3.93. The van der Waals surface area contributed by atoms with E-state index in [0.29, 0.717) is 16.3 Å². The van der Waals surface area contributed by atoms with Crippen LogP contribution in [0.5, 0.6) is 5.75 Å². The fraction of sp³-hybridized carbons (Fsp3) is 0.150. The van der Waals surface area contributed by atoms with Gasteiger partial charge in [-0.3, -0.25) is 9.78 Å². The van der Waals surface area contributed by atoms with Crippen molar-refractivity contribution in [2.75, 3.05) is 5.32 Å². The molecule has 0 aliphatic heterocycles. The molecular formula is C20H15N3O4S3. The molecule has 0 unspecified atom stereocenters. The third-order valence-corrected chi connectivity index (χ3v) is 8.23. The molecule has 30 heavy (non-hydrogen) atoms. The van der Waals surface area contributed by atoms with E-state index in [-0.39, 0.29) is 21.8 Å². The molecule has 1 saturated carbocycles. The molecule has 3 heterocycles. The summed E-state index contributed by atoms with van der Waals surface area (Å²) in [6.45, 7) is 0. The zero-order valence-electron chi connectivity index (χ0n) is 15.4. The van der Waals surface area contributed by atoms with Crippen molar-refractivity contribution in [1.29, 1.82) is 0 Å². The van der Waals surface area contributed by atoms with Crippen LogP contribution >= 0.6 is 22.7 Å². The van der Waals surface area contributed by atoms with Crippen LogP contribution in [0.15, 0.2) is 58.9 Å². The lowest BCUT2D eigenvalue weighted by atomic mass is 10.3. The minimum atomic E-state index is -3.98. The minimum Gasteiger partial charge on any atom is -0.378 e. The molecule has 1 aliphatic rings. The van der Waals surface area contributed by atoms with E-state index in [0.717, 1.165) is 33.8 Å². The lowest BCUT2D eigenvalue weighted by Crippen LogP contribution is -2.12. The Kier molecular flexibility index (Phi) is 4.76. The molecule has 1 fully saturated rings. The van der Waals surface area contributed by atoms with Crippen LogP contribution < -0.4 is 9.50 Å². The second kappa shape index (κ2) is 7.46. The van der Waals surface area contributed by atoms with Gasteiger partial charge in [-0.2, -0.15) is 8.42 Å². The second-order valence-electron chi connectivity index (χ2n) is 6.78. The first-order valence-electron chi connectivity index (χ1n) is 9.15. The lowest BCUT2D eigenvalue weighted by molar-refractivity contribution is -0.117. The molecule has 10 heteroatoms. The fourth-order valence-corrected chi connectivity index (χ4v) is 5.90. The number of fused-ring (bicyclic) bond motifs is 1. The van der Waals surface area contributed by atoms with E-state index < -0.39 is 10.1 Å². The average molecular weight is 458 g/mol. The van der Waals surface area contributed by atoms with Crippen molar-refractivity contribution >= 4 is 54.0 Å². The molecule has 1 amide bonds. The summed E-state index contributed by atoms with van der Waals surface area (Å²) in [4.78, 5) is 21.3. The summed E-state index contributed by atoms with van der Waals surface area (Å²) < 4.78 is 31.6. The smallest absolute Gasteiger partial charge is 0.348 e. The number of thiophene rings is 1. The standard InChI is InChI=1S/C20H15N3O4S3/c24-19(12-4-5-12)23-20-22-15-7-6-13(11-17(15)29-20)27-30(25,26)18-9-8-16(28-18)14-3-1-2-10-21-14/h1-3,6-12H,4-5H2,(H,22,23,24). The number of hydrogen-bond acceptors (Lipinski definition) is 8. The van der Waals surface area contributed by atoms with Gasteiger partial charge < -0.3 is 9.50 Å². The number of carbonyl (C=O) groups excluding carboxylic acids is 1. The Morgan fingerprint density at radius 1 is 1.10 bits per heavy atom. The molecule has 0 saturated heterocycles. The number of benzene rings is 1.